The topological polar surface area (TPSA) is 148 Å². The maximum absolute atomic E-state index is 12.8. The minimum absolute atomic E-state index is 0.190. The quantitative estimate of drug-likeness (QED) is 0.393. The van der Waals surface area contributed by atoms with Crippen LogP contribution in [0.25, 0.3) is 33.9 Å². The molecule has 11 heteroatoms. The Hall–Kier alpha value is -4.54. The van der Waals surface area contributed by atoms with Gasteiger partial charge in [0, 0.05) is 29.4 Å². The average molecular weight is 470 g/mol. The van der Waals surface area contributed by atoms with E-state index in [1.54, 1.807) is 43.7 Å². The number of H-pyrrole nitrogens is 1. The number of carbonyl (C=O) groups is 1. The summed E-state index contributed by atoms with van der Waals surface area (Å²) in [6.45, 7) is 7.93. The highest BCUT2D eigenvalue weighted by Gasteiger charge is 2.21. The van der Waals surface area contributed by atoms with Gasteiger partial charge < -0.3 is 14.8 Å². The normalized spacial score (nSPS) is 12.6. The van der Waals surface area contributed by atoms with Crippen LogP contribution in [0, 0.1) is 0 Å². The molecule has 5 aromatic rings. The number of nitrogens with zero attached hydrogens (tertiary/aromatic N) is 7. The van der Waals surface area contributed by atoms with Gasteiger partial charge in [0.2, 0.25) is 0 Å². The lowest BCUT2D eigenvalue weighted by Gasteiger charge is -2.15. The maximum atomic E-state index is 12.8. The zero-order valence-electron chi connectivity index (χ0n) is 19.6. The minimum Gasteiger partial charge on any atom is -0.358 e. The molecule has 2 N–H and O–H groups in total. The Morgan fingerprint density at radius 3 is 2.71 bits per heavy atom. The molecule has 1 amide bonds. The molecule has 35 heavy (non-hydrogen) atoms. The molecule has 0 aliphatic rings. The fraction of sp³-hybridized carbons (Fsp3) is 0.250. The van der Waals surface area contributed by atoms with Gasteiger partial charge in [0.25, 0.3) is 5.91 Å². The first kappa shape index (κ1) is 22.3. The van der Waals surface area contributed by atoms with E-state index in [0.717, 1.165) is 5.56 Å². The Labute approximate surface area is 200 Å². The summed E-state index contributed by atoms with van der Waals surface area (Å²) in [5.41, 5.74) is 3.20. The standard InChI is InChI=1S/C24H23N9O2/c1-13(29-22(34)17-8-15(27-12-28-17)14-6-5-7-25-10-14)19-9-16(33-35-19)20-30-18-11-26-23(24(2,3)4)32-21(18)31-20/h5-13H,1-4H3,(H,29,34)(H,26,30,31,32). The monoisotopic (exact) mass is 469 g/mol. The largest absolute Gasteiger partial charge is 0.358 e. The van der Waals surface area contributed by atoms with Gasteiger partial charge in [-0.2, -0.15) is 0 Å². The third kappa shape index (κ3) is 4.60. The number of imidazole rings is 1. The third-order valence-corrected chi connectivity index (χ3v) is 5.31. The number of amides is 1. The Bertz CT molecular complexity index is 1500. The molecular weight excluding hydrogens is 446 g/mol. The van der Waals surface area contributed by atoms with E-state index in [1.807, 2.05) is 26.8 Å². The number of hydrogen-bond acceptors (Lipinski definition) is 9. The van der Waals surface area contributed by atoms with Crippen LogP contribution in [0.5, 0.6) is 0 Å². The predicted octanol–water partition coefficient (Wildman–Crippen LogP) is 3.65. The highest BCUT2D eigenvalue weighted by atomic mass is 16.5. The fourth-order valence-corrected chi connectivity index (χ4v) is 3.39. The van der Waals surface area contributed by atoms with Crippen molar-refractivity contribution in [2.24, 2.45) is 0 Å². The van der Waals surface area contributed by atoms with Crippen LogP contribution in [-0.4, -0.2) is 46.0 Å². The van der Waals surface area contributed by atoms with Crippen LogP contribution in [0.1, 0.15) is 55.8 Å². The summed E-state index contributed by atoms with van der Waals surface area (Å²) in [7, 11) is 0. The number of fused-ring (bicyclic) bond motifs is 1. The van der Waals surface area contributed by atoms with Crippen molar-refractivity contribution in [3.05, 3.63) is 66.5 Å². The molecule has 0 saturated carbocycles. The minimum atomic E-state index is -0.461. The molecule has 5 aromatic heterocycles. The molecule has 1 atom stereocenters. The van der Waals surface area contributed by atoms with Crippen LogP contribution in [0.4, 0.5) is 0 Å². The third-order valence-electron chi connectivity index (χ3n) is 5.31. The Kier molecular flexibility index (Phi) is 5.51. The van der Waals surface area contributed by atoms with E-state index >= 15 is 0 Å². The van der Waals surface area contributed by atoms with Gasteiger partial charge in [-0.25, -0.2) is 24.9 Å². The number of nitrogens with one attached hydrogen (secondary N) is 2. The molecule has 0 spiro atoms. The number of aromatic nitrogens is 8. The highest BCUT2D eigenvalue weighted by molar-refractivity contribution is 5.93. The molecule has 0 aliphatic carbocycles. The Morgan fingerprint density at radius 1 is 1.09 bits per heavy atom. The van der Waals surface area contributed by atoms with Gasteiger partial charge in [-0.1, -0.05) is 25.9 Å². The van der Waals surface area contributed by atoms with Crippen molar-refractivity contribution in [2.75, 3.05) is 0 Å². The summed E-state index contributed by atoms with van der Waals surface area (Å²) in [6.07, 6.45) is 6.42. The van der Waals surface area contributed by atoms with E-state index < -0.39 is 6.04 Å². The average Bonchev–Trinajstić information content (AvgIpc) is 3.51. The SMILES string of the molecule is CC(NC(=O)c1cc(-c2cccnc2)ncn1)c1cc(-c2nc3nc(C(C)(C)C)ncc3[nH]2)no1. The summed E-state index contributed by atoms with van der Waals surface area (Å²) in [6, 6.07) is 6.55. The molecular formula is C24H23N9O2. The van der Waals surface area contributed by atoms with Crippen LogP contribution >= 0.6 is 0 Å². The molecule has 0 aromatic carbocycles. The first-order chi connectivity index (χ1) is 16.8. The molecule has 0 aliphatic heterocycles. The van der Waals surface area contributed by atoms with Crippen molar-refractivity contribution in [1.29, 1.82) is 0 Å². The summed E-state index contributed by atoms with van der Waals surface area (Å²) >= 11 is 0. The molecule has 5 heterocycles. The van der Waals surface area contributed by atoms with E-state index in [0.29, 0.717) is 40.0 Å². The molecule has 11 nitrogen and oxygen atoms in total. The lowest BCUT2D eigenvalue weighted by atomic mass is 9.96. The van der Waals surface area contributed by atoms with Crippen LogP contribution in [-0.2, 0) is 5.41 Å². The van der Waals surface area contributed by atoms with Crippen molar-refractivity contribution in [3.63, 3.8) is 0 Å². The Morgan fingerprint density at radius 2 is 1.94 bits per heavy atom. The maximum Gasteiger partial charge on any atom is 0.270 e. The fourth-order valence-electron chi connectivity index (χ4n) is 3.39. The molecule has 1 unspecified atom stereocenters. The number of rotatable bonds is 5. The zero-order valence-corrected chi connectivity index (χ0v) is 19.6. The number of carbonyl (C=O) groups excluding carboxylic acids is 1. The van der Waals surface area contributed by atoms with Crippen LogP contribution < -0.4 is 5.32 Å². The highest BCUT2D eigenvalue weighted by Crippen LogP contribution is 2.24. The van der Waals surface area contributed by atoms with Gasteiger partial charge in [0.05, 0.1) is 17.9 Å². The van der Waals surface area contributed by atoms with Crippen LogP contribution in [0.3, 0.4) is 0 Å². The number of pyridine rings is 1. The number of aromatic amines is 1. The van der Waals surface area contributed by atoms with E-state index in [1.165, 1.54) is 6.33 Å². The van der Waals surface area contributed by atoms with Gasteiger partial charge in [-0.05, 0) is 25.1 Å². The van der Waals surface area contributed by atoms with Gasteiger partial charge in [0.15, 0.2) is 17.2 Å². The van der Waals surface area contributed by atoms with E-state index in [4.69, 9.17) is 4.52 Å². The van der Waals surface area contributed by atoms with Crippen molar-refractivity contribution in [3.8, 4) is 22.8 Å². The first-order valence-electron chi connectivity index (χ1n) is 11.0. The molecule has 176 valence electrons. The number of hydrogen-bond donors (Lipinski definition) is 2. The summed E-state index contributed by atoms with van der Waals surface area (Å²) in [4.78, 5) is 41.9. The van der Waals surface area contributed by atoms with Crippen molar-refractivity contribution >= 4 is 17.1 Å². The Balaban J connectivity index is 1.32. The van der Waals surface area contributed by atoms with Gasteiger partial charge in [-0.15, -0.1) is 0 Å². The molecule has 5 rings (SSSR count). The van der Waals surface area contributed by atoms with E-state index in [2.05, 4.69) is 45.4 Å². The lowest BCUT2D eigenvalue weighted by Crippen LogP contribution is -2.27. The molecule has 0 bridgehead atoms. The van der Waals surface area contributed by atoms with E-state index in [-0.39, 0.29) is 17.0 Å². The second-order valence-electron chi connectivity index (χ2n) is 9.11. The smallest absolute Gasteiger partial charge is 0.270 e. The van der Waals surface area contributed by atoms with Crippen molar-refractivity contribution < 1.29 is 9.32 Å². The summed E-state index contributed by atoms with van der Waals surface area (Å²) < 4.78 is 5.48. The first-order valence-corrected chi connectivity index (χ1v) is 11.0. The van der Waals surface area contributed by atoms with Crippen molar-refractivity contribution in [2.45, 2.75) is 39.2 Å². The lowest BCUT2D eigenvalue weighted by molar-refractivity contribution is 0.0928. The van der Waals surface area contributed by atoms with Gasteiger partial charge in [0.1, 0.15) is 29.1 Å². The zero-order chi connectivity index (χ0) is 24.6. The second kappa shape index (κ2) is 8.67. The predicted molar refractivity (Wildman–Crippen MR) is 127 cm³/mol. The molecule has 0 saturated heterocycles. The second-order valence-corrected chi connectivity index (χ2v) is 9.11. The van der Waals surface area contributed by atoms with Gasteiger partial charge in [-0.3, -0.25) is 9.78 Å². The summed E-state index contributed by atoms with van der Waals surface area (Å²) in [5.74, 6) is 1.32. The van der Waals surface area contributed by atoms with E-state index in [9.17, 15) is 4.79 Å². The summed E-state index contributed by atoms with van der Waals surface area (Å²) in [5, 5.41) is 6.98. The van der Waals surface area contributed by atoms with Crippen molar-refractivity contribution in [1.82, 2.24) is 45.4 Å². The van der Waals surface area contributed by atoms with Crippen LogP contribution in [0.2, 0.25) is 0 Å². The van der Waals surface area contributed by atoms with Gasteiger partial charge >= 0.3 is 0 Å². The molecule has 0 radical (unpaired) electrons. The molecule has 0 fully saturated rings. The van der Waals surface area contributed by atoms with Crippen LogP contribution in [0.15, 0.2) is 53.7 Å².